The molecule has 14 heavy (non-hydrogen) atoms. The monoisotopic (exact) mass is 209 g/mol. The molecule has 1 aromatic rings. The van der Waals surface area contributed by atoms with Crippen molar-refractivity contribution in [2.75, 3.05) is 11.9 Å². The summed E-state index contributed by atoms with van der Waals surface area (Å²) < 4.78 is 5.16. The van der Waals surface area contributed by atoms with Gasteiger partial charge in [0.25, 0.3) is 5.17 Å². The molecule has 0 heterocycles. The quantitative estimate of drug-likeness (QED) is 0.756. The summed E-state index contributed by atoms with van der Waals surface area (Å²) in [6.45, 7) is 6.60. The molecule has 0 bridgehead atoms. The van der Waals surface area contributed by atoms with Gasteiger partial charge in [-0.3, -0.25) is 0 Å². The zero-order valence-corrected chi connectivity index (χ0v) is 9.57. The molecule has 0 aliphatic carbocycles. The van der Waals surface area contributed by atoms with E-state index in [9.17, 15) is 0 Å². The number of anilines is 1. The van der Waals surface area contributed by atoms with Gasteiger partial charge in [-0.1, -0.05) is 12.1 Å². The van der Waals surface area contributed by atoms with Crippen molar-refractivity contribution in [3.63, 3.8) is 0 Å². The largest absolute Gasteiger partial charge is 0.471 e. The Morgan fingerprint density at radius 1 is 1.43 bits per heavy atom. The molecule has 0 aliphatic heterocycles. The molecule has 0 unspecified atom stereocenters. The van der Waals surface area contributed by atoms with Crippen LogP contribution in [0.3, 0.4) is 0 Å². The Hall–Kier alpha value is -1.09. The number of ether oxygens (including phenoxy) is 1. The summed E-state index contributed by atoms with van der Waals surface area (Å²) in [5, 5.41) is 3.49. The minimum absolute atomic E-state index is 0.432. The van der Waals surface area contributed by atoms with Crippen molar-refractivity contribution in [1.29, 1.82) is 0 Å². The van der Waals surface area contributed by atoms with Crippen molar-refractivity contribution in [3.05, 3.63) is 29.3 Å². The zero-order valence-electron chi connectivity index (χ0n) is 8.76. The van der Waals surface area contributed by atoms with Gasteiger partial charge in [-0.15, -0.1) is 0 Å². The molecule has 2 nitrogen and oxygen atoms in total. The Labute approximate surface area is 90.3 Å². The number of hydrogen-bond donors (Lipinski definition) is 1. The predicted octanol–water partition coefficient (Wildman–Crippen LogP) is 3.04. The van der Waals surface area contributed by atoms with E-state index in [1.165, 1.54) is 5.56 Å². The molecule has 1 N–H and O–H groups in total. The first-order valence-corrected chi connectivity index (χ1v) is 5.05. The molecule has 0 fully saturated rings. The van der Waals surface area contributed by atoms with Gasteiger partial charge in [0.15, 0.2) is 0 Å². The molecule has 0 saturated carbocycles. The molecule has 0 atom stereocenters. The molecule has 0 radical (unpaired) electrons. The molecule has 0 saturated heterocycles. The number of rotatable bonds is 2. The highest BCUT2D eigenvalue weighted by molar-refractivity contribution is 7.80. The van der Waals surface area contributed by atoms with Gasteiger partial charge in [-0.2, -0.15) is 0 Å². The average molecular weight is 209 g/mol. The van der Waals surface area contributed by atoms with E-state index in [1.54, 1.807) is 0 Å². The third-order valence-electron chi connectivity index (χ3n) is 1.91. The molecule has 0 aromatic heterocycles. The molecule has 0 aliphatic rings. The van der Waals surface area contributed by atoms with E-state index in [0.717, 1.165) is 11.3 Å². The number of thiocarbonyl (C=S) groups is 1. The molecular weight excluding hydrogens is 194 g/mol. The number of benzene rings is 1. The van der Waals surface area contributed by atoms with Crippen LogP contribution in [0.2, 0.25) is 0 Å². The highest BCUT2D eigenvalue weighted by atomic mass is 32.1. The van der Waals surface area contributed by atoms with E-state index in [1.807, 2.05) is 20.8 Å². The number of nitrogens with one attached hydrogen (secondary N) is 1. The van der Waals surface area contributed by atoms with E-state index in [4.69, 9.17) is 17.0 Å². The second kappa shape index (κ2) is 4.96. The minimum atomic E-state index is 0.432. The van der Waals surface area contributed by atoms with Crippen molar-refractivity contribution in [3.8, 4) is 0 Å². The van der Waals surface area contributed by atoms with Crippen molar-refractivity contribution in [2.24, 2.45) is 0 Å². The van der Waals surface area contributed by atoms with Gasteiger partial charge in [0.1, 0.15) is 0 Å². The summed E-state index contributed by atoms with van der Waals surface area (Å²) in [6, 6.07) is 6.19. The van der Waals surface area contributed by atoms with E-state index < -0.39 is 0 Å². The maximum absolute atomic E-state index is 5.16. The normalized spacial score (nSPS) is 9.64. The third kappa shape index (κ3) is 3.00. The van der Waals surface area contributed by atoms with Crippen LogP contribution in [0.4, 0.5) is 5.69 Å². The number of aryl methyl sites for hydroxylation is 2. The molecular formula is C11H15NOS. The van der Waals surface area contributed by atoms with E-state index in [-0.39, 0.29) is 0 Å². The van der Waals surface area contributed by atoms with Crippen LogP contribution in [0.15, 0.2) is 18.2 Å². The van der Waals surface area contributed by atoms with Crippen LogP contribution in [0.25, 0.3) is 0 Å². The molecule has 76 valence electrons. The Morgan fingerprint density at radius 3 is 2.79 bits per heavy atom. The lowest BCUT2D eigenvalue weighted by molar-refractivity contribution is 0.335. The maximum Gasteiger partial charge on any atom is 0.261 e. The first kappa shape index (κ1) is 11.0. The van der Waals surface area contributed by atoms with Gasteiger partial charge in [0.2, 0.25) is 0 Å². The maximum atomic E-state index is 5.16. The fourth-order valence-electron chi connectivity index (χ4n) is 1.15. The van der Waals surface area contributed by atoms with Gasteiger partial charge >= 0.3 is 0 Å². The van der Waals surface area contributed by atoms with Gasteiger partial charge in [0, 0.05) is 5.69 Å². The second-order valence-electron chi connectivity index (χ2n) is 3.16. The summed E-state index contributed by atoms with van der Waals surface area (Å²) in [4.78, 5) is 0. The summed E-state index contributed by atoms with van der Waals surface area (Å²) in [7, 11) is 0. The van der Waals surface area contributed by atoms with Crippen molar-refractivity contribution in [1.82, 2.24) is 0 Å². The van der Waals surface area contributed by atoms with Crippen molar-refractivity contribution >= 4 is 23.1 Å². The molecule has 0 amide bonds. The first-order chi connectivity index (χ1) is 6.63. The molecule has 0 spiro atoms. The predicted molar refractivity (Wildman–Crippen MR) is 63.8 cm³/mol. The summed E-state index contributed by atoms with van der Waals surface area (Å²) >= 11 is 5.00. The molecule has 1 aromatic carbocycles. The van der Waals surface area contributed by atoms with Crippen LogP contribution in [0, 0.1) is 13.8 Å². The Morgan fingerprint density at radius 2 is 2.14 bits per heavy atom. The van der Waals surface area contributed by atoms with E-state index in [0.29, 0.717) is 11.8 Å². The lowest BCUT2D eigenvalue weighted by Gasteiger charge is -2.11. The Bertz CT molecular complexity index is 336. The van der Waals surface area contributed by atoms with Gasteiger partial charge in [-0.05, 0) is 50.2 Å². The van der Waals surface area contributed by atoms with Crippen LogP contribution in [-0.2, 0) is 4.74 Å². The van der Waals surface area contributed by atoms with Crippen LogP contribution in [0.5, 0.6) is 0 Å². The third-order valence-corrected chi connectivity index (χ3v) is 2.13. The first-order valence-electron chi connectivity index (χ1n) is 4.64. The fraction of sp³-hybridized carbons (Fsp3) is 0.364. The van der Waals surface area contributed by atoms with E-state index >= 15 is 0 Å². The highest BCUT2D eigenvalue weighted by Crippen LogP contribution is 2.16. The summed E-state index contributed by atoms with van der Waals surface area (Å²) in [6.07, 6.45) is 0. The van der Waals surface area contributed by atoms with Crippen LogP contribution in [-0.4, -0.2) is 11.8 Å². The van der Waals surface area contributed by atoms with Gasteiger partial charge < -0.3 is 10.1 Å². The zero-order chi connectivity index (χ0) is 10.6. The fourth-order valence-corrected chi connectivity index (χ4v) is 1.38. The SMILES string of the molecule is CCOC(=S)Nc1cc(C)ccc1C. The minimum Gasteiger partial charge on any atom is -0.471 e. The van der Waals surface area contributed by atoms with Gasteiger partial charge in [-0.25, -0.2) is 0 Å². The Balaban J connectivity index is 2.75. The highest BCUT2D eigenvalue weighted by Gasteiger charge is 2.01. The molecule has 1 rings (SSSR count). The Kier molecular flexibility index (Phi) is 3.89. The molecule has 3 heteroatoms. The smallest absolute Gasteiger partial charge is 0.261 e. The lowest BCUT2D eigenvalue weighted by atomic mass is 10.1. The van der Waals surface area contributed by atoms with Crippen molar-refractivity contribution in [2.45, 2.75) is 20.8 Å². The average Bonchev–Trinajstić information content (AvgIpc) is 2.12. The van der Waals surface area contributed by atoms with E-state index in [2.05, 4.69) is 23.5 Å². The van der Waals surface area contributed by atoms with Gasteiger partial charge in [0.05, 0.1) is 6.61 Å². The van der Waals surface area contributed by atoms with Crippen LogP contribution in [0.1, 0.15) is 18.1 Å². The summed E-state index contributed by atoms with van der Waals surface area (Å²) in [5.41, 5.74) is 3.39. The van der Waals surface area contributed by atoms with Crippen LogP contribution < -0.4 is 5.32 Å². The standard InChI is InChI=1S/C11H15NOS/c1-4-13-11(14)12-10-7-8(2)5-6-9(10)3/h5-7H,4H2,1-3H3,(H,12,14). The summed E-state index contributed by atoms with van der Waals surface area (Å²) in [5.74, 6) is 0. The second-order valence-corrected chi connectivity index (χ2v) is 3.53. The lowest BCUT2D eigenvalue weighted by Crippen LogP contribution is -2.13. The van der Waals surface area contributed by atoms with Crippen molar-refractivity contribution < 1.29 is 4.74 Å². The topological polar surface area (TPSA) is 21.3 Å². The number of hydrogen-bond acceptors (Lipinski definition) is 2. The van der Waals surface area contributed by atoms with Crippen LogP contribution >= 0.6 is 12.2 Å².